The minimum absolute atomic E-state index is 0.119. The van der Waals surface area contributed by atoms with Gasteiger partial charge in [-0.1, -0.05) is 6.92 Å². The molecule has 2 amide bonds. The molecule has 3 N–H and O–H groups in total. The van der Waals surface area contributed by atoms with Crippen LogP contribution >= 0.6 is 0 Å². The summed E-state index contributed by atoms with van der Waals surface area (Å²) in [7, 11) is 2.91. The third kappa shape index (κ3) is 3.31. The number of carbonyl (C=O) groups is 2. The molecule has 7 heteroatoms. The van der Waals surface area contributed by atoms with Crippen molar-refractivity contribution in [2.75, 3.05) is 19.5 Å². The molecule has 0 bridgehead atoms. The number of primary amides is 1. The first kappa shape index (κ1) is 16.9. The quantitative estimate of drug-likeness (QED) is 0.838. The van der Waals surface area contributed by atoms with Crippen LogP contribution in [0.15, 0.2) is 28.7 Å². The van der Waals surface area contributed by atoms with Gasteiger partial charge >= 0.3 is 0 Å². The van der Waals surface area contributed by atoms with E-state index in [0.29, 0.717) is 23.3 Å². The molecule has 2 unspecified atom stereocenters. The van der Waals surface area contributed by atoms with Gasteiger partial charge in [-0.05, 0) is 30.5 Å². The van der Waals surface area contributed by atoms with E-state index in [4.69, 9.17) is 19.6 Å². The first-order valence-corrected chi connectivity index (χ1v) is 7.91. The Bertz CT molecular complexity index is 827. The number of rotatable bonds is 6. The summed E-state index contributed by atoms with van der Waals surface area (Å²) in [6.07, 6.45) is 1.07. The van der Waals surface area contributed by atoms with E-state index >= 15 is 0 Å². The van der Waals surface area contributed by atoms with Gasteiger partial charge in [0.2, 0.25) is 0 Å². The summed E-state index contributed by atoms with van der Waals surface area (Å²) in [5.41, 5.74) is 5.75. The zero-order chi connectivity index (χ0) is 18.1. The second-order valence-corrected chi connectivity index (χ2v) is 6.09. The van der Waals surface area contributed by atoms with E-state index < -0.39 is 11.8 Å². The molecular weight excluding hydrogens is 324 g/mol. The molecule has 0 aliphatic heterocycles. The van der Waals surface area contributed by atoms with Crippen LogP contribution in [0.4, 0.5) is 5.69 Å². The number of ether oxygens (including phenoxy) is 2. The first-order chi connectivity index (χ1) is 11.9. The van der Waals surface area contributed by atoms with Crippen LogP contribution in [0.5, 0.6) is 11.5 Å². The predicted molar refractivity (Wildman–Crippen MR) is 91.2 cm³/mol. The number of hydrogen-bond acceptors (Lipinski definition) is 5. The average molecular weight is 344 g/mol. The molecular formula is C18H20N2O5. The number of nitrogens with two attached hydrogens (primary N) is 1. The van der Waals surface area contributed by atoms with Gasteiger partial charge in [0.1, 0.15) is 5.76 Å². The molecule has 1 aliphatic carbocycles. The lowest BCUT2D eigenvalue weighted by Crippen LogP contribution is -2.18. The number of furan rings is 1. The highest BCUT2D eigenvalue weighted by Crippen LogP contribution is 2.47. The number of methoxy groups -OCH3 is 2. The van der Waals surface area contributed by atoms with Crippen molar-refractivity contribution in [1.29, 1.82) is 0 Å². The van der Waals surface area contributed by atoms with Gasteiger partial charge in [-0.2, -0.15) is 0 Å². The number of hydrogen-bond donors (Lipinski definition) is 2. The Hall–Kier alpha value is -2.96. The van der Waals surface area contributed by atoms with E-state index in [0.717, 1.165) is 12.2 Å². The maximum Gasteiger partial charge on any atom is 0.291 e. The van der Waals surface area contributed by atoms with Crippen molar-refractivity contribution in [3.05, 3.63) is 41.3 Å². The number of benzene rings is 1. The molecule has 25 heavy (non-hydrogen) atoms. The van der Waals surface area contributed by atoms with E-state index in [2.05, 4.69) is 12.2 Å². The van der Waals surface area contributed by atoms with Gasteiger partial charge in [0.05, 0.1) is 25.5 Å². The van der Waals surface area contributed by atoms with E-state index in [1.807, 2.05) is 6.07 Å². The Kier molecular flexibility index (Phi) is 4.39. The summed E-state index contributed by atoms with van der Waals surface area (Å²) in [5.74, 6) is 1.50. The van der Waals surface area contributed by atoms with Gasteiger partial charge in [0.25, 0.3) is 11.8 Å². The summed E-state index contributed by atoms with van der Waals surface area (Å²) in [6, 6.07) is 6.35. The monoisotopic (exact) mass is 344 g/mol. The second kappa shape index (κ2) is 6.51. The Morgan fingerprint density at radius 2 is 1.84 bits per heavy atom. The standard InChI is InChI=1S/C18H20N2O5/c1-9-6-10(9)13-4-5-14(25-13)18(22)20-12-8-16(24-3)15(23-2)7-11(12)17(19)21/h4-5,7-10H,6H2,1-3H3,(H2,19,21)(H,20,22). The largest absolute Gasteiger partial charge is 0.493 e. The number of amides is 2. The summed E-state index contributed by atoms with van der Waals surface area (Å²) < 4.78 is 16.0. The highest BCUT2D eigenvalue weighted by atomic mass is 16.5. The number of nitrogens with one attached hydrogen (secondary N) is 1. The molecule has 1 aromatic carbocycles. The van der Waals surface area contributed by atoms with Crippen LogP contribution in [0.2, 0.25) is 0 Å². The van der Waals surface area contributed by atoms with Crippen LogP contribution in [-0.2, 0) is 0 Å². The van der Waals surface area contributed by atoms with E-state index in [-0.39, 0.29) is 17.0 Å². The van der Waals surface area contributed by atoms with Gasteiger partial charge < -0.3 is 24.9 Å². The maximum absolute atomic E-state index is 12.5. The fraction of sp³-hybridized carbons (Fsp3) is 0.333. The van der Waals surface area contributed by atoms with Gasteiger partial charge in [0, 0.05) is 12.0 Å². The maximum atomic E-state index is 12.5. The molecule has 1 aliphatic rings. The molecule has 2 aromatic rings. The summed E-state index contributed by atoms with van der Waals surface area (Å²) in [6.45, 7) is 2.13. The lowest BCUT2D eigenvalue weighted by molar-refractivity contribution is 0.0995. The van der Waals surface area contributed by atoms with Crippen molar-refractivity contribution in [3.8, 4) is 11.5 Å². The fourth-order valence-corrected chi connectivity index (χ4v) is 2.76. The molecule has 7 nitrogen and oxygen atoms in total. The van der Waals surface area contributed by atoms with Gasteiger partial charge in [0.15, 0.2) is 17.3 Å². The fourth-order valence-electron chi connectivity index (χ4n) is 2.76. The first-order valence-electron chi connectivity index (χ1n) is 7.91. The summed E-state index contributed by atoms with van der Waals surface area (Å²) in [5, 5.41) is 2.65. The zero-order valence-corrected chi connectivity index (χ0v) is 14.3. The van der Waals surface area contributed by atoms with Crippen LogP contribution in [0.1, 0.15) is 45.9 Å². The molecule has 0 spiro atoms. The molecule has 1 aromatic heterocycles. The second-order valence-electron chi connectivity index (χ2n) is 6.09. The third-order valence-electron chi connectivity index (χ3n) is 4.36. The lowest BCUT2D eigenvalue weighted by Gasteiger charge is -2.13. The normalized spacial score (nSPS) is 18.5. The van der Waals surface area contributed by atoms with E-state index in [9.17, 15) is 9.59 Å². The summed E-state index contributed by atoms with van der Waals surface area (Å²) in [4.78, 5) is 24.1. The van der Waals surface area contributed by atoms with Crippen molar-refractivity contribution < 1.29 is 23.5 Å². The molecule has 1 saturated carbocycles. The van der Waals surface area contributed by atoms with Crippen LogP contribution in [-0.4, -0.2) is 26.0 Å². The molecule has 2 atom stereocenters. The Morgan fingerprint density at radius 1 is 1.20 bits per heavy atom. The minimum atomic E-state index is -0.691. The smallest absolute Gasteiger partial charge is 0.291 e. The molecule has 3 rings (SSSR count). The topological polar surface area (TPSA) is 104 Å². The zero-order valence-electron chi connectivity index (χ0n) is 14.3. The minimum Gasteiger partial charge on any atom is -0.493 e. The van der Waals surface area contributed by atoms with Gasteiger partial charge in [-0.3, -0.25) is 9.59 Å². The van der Waals surface area contributed by atoms with Crippen molar-refractivity contribution in [2.45, 2.75) is 19.3 Å². The SMILES string of the molecule is COc1cc(NC(=O)c2ccc(C3CC3C)o2)c(C(N)=O)cc1OC. The Morgan fingerprint density at radius 3 is 2.40 bits per heavy atom. The molecule has 0 radical (unpaired) electrons. The third-order valence-corrected chi connectivity index (χ3v) is 4.36. The van der Waals surface area contributed by atoms with Crippen molar-refractivity contribution >= 4 is 17.5 Å². The predicted octanol–water partition coefficient (Wildman–Crippen LogP) is 2.77. The van der Waals surface area contributed by atoms with E-state index in [1.165, 1.54) is 26.4 Å². The lowest BCUT2D eigenvalue weighted by atomic mass is 10.1. The molecule has 132 valence electrons. The highest BCUT2D eigenvalue weighted by molar-refractivity contribution is 6.08. The van der Waals surface area contributed by atoms with E-state index in [1.54, 1.807) is 6.07 Å². The molecule has 0 saturated heterocycles. The van der Waals surface area contributed by atoms with Crippen molar-refractivity contribution in [1.82, 2.24) is 0 Å². The van der Waals surface area contributed by atoms with Crippen LogP contribution < -0.4 is 20.5 Å². The molecule has 1 heterocycles. The Labute approximate surface area is 145 Å². The van der Waals surface area contributed by atoms with Crippen molar-refractivity contribution in [2.24, 2.45) is 11.7 Å². The average Bonchev–Trinajstić information content (AvgIpc) is 3.11. The number of anilines is 1. The summed E-state index contributed by atoms with van der Waals surface area (Å²) >= 11 is 0. The Balaban J connectivity index is 1.87. The van der Waals surface area contributed by atoms with Crippen LogP contribution in [0.3, 0.4) is 0 Å². The van der Waals surface area contributed by atoms with Gasteiger partial charge in [-0.25, -0.2) is 0 Å². The molecule has 1 fully saturated rings. The number of carbonyl (C=O) groups excluding carboxylic acids is 2. The van der Waals surface area contributed by atoms with Crippen molar-refractivity contribution in [3.63, 3.8) is 0 Å². The highest BCUT2D eigenvalue weighted by Gasteiger charge is 2.37. The van der Waals surface area contributed by atoms with Crippen LogP contribution in [0.25, 0.3) is 0 Å². The van der Waals surface area contributed by atoms with Crippen LogP contribution in [0, 0.1) is 5.92 Å². The van der Waals surface area contributed by atoms with Gasteiger partial charge in [-0.15, -0.1) is 0 Å².